The number of carbonyl (C=O) groups excluding carboxylic acids is 1. The molecule has 2 N–H and O–H groups in total. The van der Waals surface area contributed by atoms with E-state index in [1.807, 2.05) is 20.8 Å². The minimum atomic E-state index is -3.54. The van der Waals surface area contributed by atoms with Gasteiger partial charge in [0.2, 0.25) is 15.9 Å². The largest absolute Gasteiger partial charge is 0.338 e. The van der Waals surface area contributed by atoms with Gasteiger partial charge in [-0.2, -0.15) is 0 Å². The molecule has 7 nitrogen and oxygen atoms in total. The number of anilines is 1. The van der Waals surface area contributed by atoms with Gasteiger partial charge in [0.1, 0.15) is 0 Å². The Hall–Kier alpha value is -2.19. The number of hydrogen-bond donors (Lipinski definition) is 2. The highest BCUT2D eigenvalue weighted by Crippen LogP contribution is 2.20. The first kappa shape index (κ1) is 18.2. The Morgan fingerprint density at radius 1 is 1.21 bits per heavy atom. The molecule has 2 rings (SSSR count). The van der Waals surface area contributed by atoms with Crippen LogP contribution in [0, 0.1) is 6.92 Å². The van der Waals surface area contributed by atoms with Crippen LogP contribution < -0.4 is 10.0 Å². The second kappa shape index (κ2) is 7.59. The monoisotopic (exact) mass is 351 g/mol. The van der Waals surface area contributed by atoms with Crippen LogP contribution in [0.25, 0.3) is 0 Å². The van der Waals surface area contributed by atoms with Crippen molar-refractivity contribution in [3.05, 3.63) is 41.1 Å². The zero-order chi connectivity index (χ0) is 17.7. The predicted molar refractivity (Wildman–Crippen MR) is 90.5 cm³/mol. The van der Waals surface area contributed by atoms with Gasteiger partial charge in [-0.25, -0.2) is 13.1 Å². The van der Waals surface area contributed by atoms with Crippen molar-refractivity contribution < 1.29 is 17.7 Å². The predicted octanol–water partition coefficient (Wildman–Crippen LogP) is 2.49. The van der Waals surface area contributed by atoms with Gasteiger partial charge in [0.25, 0.3) is 5.91 Å². The van der Waals surface area contributed by atoms with Crippen LogP contribution in [0.4, 0.5) is 5.88 Å². The Balaban J connectivity index is 2.12. The fourth-order valence-corrected chi connectivity index (χ4v) is 3.23. The van der Waals surface area contributed by atoms with Gasteiger partial charge in [0, 0.05) is 17.7 Å². The molecule has 8 heteroatoms. The summed E-state index contributed by atoms with van der Waals surface area (Å²) < 4.78 is 31.6. The Morgan fingerprint density at radius 2 is 1.88 bits per heavy atom. The highest BCUT2D eigenvalue weighted by molar-refractivity contribution is 7.89. The van der Waals surface area contributed by atoms with Crippen molar-refractivity contribution in [3.63, 3.8) is 0 Å². The minimum Gasteiger partial charge on any atom is -0.338 e. The van der Waals surface area contributed by atoms with E-state index >= 15 is 0 Å². The molecule has 0 radical (unpaired) electrons. The van der Waals surface area contributed by atoms with Gasteiger partial charge in [-0.15, -0.1) is 0 Å². The van der Waals surface area contributed by atoms with Crippen molar-refractivity contribution >= 4 is 21.8 Å². The molecule has 0 aliphatic carbocycles. The van der Waals surface area contributed by atoms with Crippen LogP contribution in [0.5, 0.6) is 0 Å². The summed E-state index contributed by atoms with van der Waals surface area (Å²) in [5.74, 6) is -0.0828. The fraction of sp³-hybridized carbons (Fsp3) is 0.375. The molecule has 1 aromatic carbocycles. The van der Waals surface area contributed by atoms with E-state index in [0.29, 0.717) is 30.8 Å². The van der Waals surface area contributed by atoms with Crippen LogP contribution in [-0.4, -0.2) is 26.0 Å². The van der Waals surface area contributed by atoms with Crippen molar-refractivity contribution in [2.24, 2.45) is 0 Å². The summed E-state index contributed by atoms with van der Waals surface area (Å²) in [5.41, 5.74) is 1.90. The maximum Gasteiger partial charge on any atom is 0.258 e. The van der Waals surface area contributed by atoms with Crippen molar-refractivity contribution in [3.8, 4) is 0 Å². The summed E-state index contributed by atoms with van der Waals surface area (Å²) in [6, 6.07) is 5.72. The fourth-order valence-electron chi connectivity index (χ4n) is 2.10. The van der Waals surface area contributed by atoms with E-state index in [9.17, 15) is 13.2 Å². The third-order valence-electron chi connectivity index (χ3n) is 3.55. The SMILES string of the molecule is CCCNS(=O)(=O)c1ccc(C(=O)Nc2onc(CC)c2C)cc1. The third-order valence-corrected chi connectivity index (χ3v) is 5.03. The number of benzene rings is 1. The lowest BCUT2D eigenvalue weighted by molar-refractivity contribution is 0.102. The van der Waals surface area contributed by atoms with Crippen molar-refractivity contribution in [1.29, 1.82) is 0 Å². The van der Waals surface area contributed by atoms with Gasteiger partial charge >= 0.3 is 0 Å². The summed E-state index contributed by atoms with van der Waals surface area (Å²) >= 11 is 0. The third kappa shape index (κ3) is 4.01. The first-order valence-corrected chi connectivity index (χ1v) is 9.23. The standard InChI is InChI=1S/C16H21N3O4S/c1-4-10-17-24(21,22)13-8-6-12(7-9-13)15(20)18-16-11(3)14(5-2)19-23-16/h6-9,17H,4-5,10H2,1-3H3,(H,18,20). The summed E-state index contributed by atoms with van der Waals surface area (Å²) in [6.45, 7) is 6.02. The van der Waals surface area contributed by atoms with Crippen LogP contribution in [0.1, 0.15) is 41.9 Å². The van der Waals surface area contributed by atoms with E-state index < -0.39 is 10.0 Å². The Kier molecular flexibility index (Phi) is 5.74. The number of aryl methyl sites for hydroxylation is 1. The molecule has 130 valence electrons. The van der Waals surface area contributed by atoms with Crippen LogP contribution in [0.2, 0.25) is 0 Å². The number of carbonyl (C=O) groups is 1. The molecule has 0 saturated carbocycles. The molecule has 1 aromatic heterocycles. The van der Waals surface area contributed by atoms with Crippen LogP contribution >= 0.6 is 0 Å². The summed E-state index contributed by atoms with van der Waals surface area (Å²) in [5, 5.41) is 6.52. The molecule has 0 atom stereocenters. The molecule has 24 heavy (non-hydrogen) atoms. The van der Waals surface area contributed by atoms with Gasteiger partial charge in [-0.05, 0) is 44.0 Å². The zero-order valence-electron chi connectivity index (χ0n) is 13.9. The van der Waals surface area contributed by atoms with Crippen molar-refractivity contribution in [1.82, 2.24) is 9.88 Å². The molecule has 1 heterocycles. The molecule has 0 aliphatic rings. The van der Waals surface area contributed by atoms with Crippen LogP contribution in [0.3, 0.4) is 0 Å². The van der Waals surface area contributed by atoms with E-state index in [1.54, 1.807) is 0 Å². The van der Waals surface area contributed by atoms with E-state index in [0.717, 1.165) is 11.3 Å². The summed E-state index contributed by atoms with van der Waals surface area (Å²) in [7, 11) is -3.54. The lowest BCUT2D eigenvalue weighted by Gasteiger charge is -2.07. The van der Waals surface area contributed by atoms with E-state index in [2.05, 4.69) is 15.2 Å². The van der Waals surface area contributed by atoms with Gasteiger partial charge in [0.05, 0.1) is 10.6 Å². The maximum atomic E-state index is 12.2. The highest BCUT2D eigenvalue weighted by atomic mass is 32.2. The number of rotatable bonds is 7. The number of nitrogens with zero attached hydrogens (tertiary/aromatic N) is 1. The van der Waals surface area contributed by atoms with Gasteiger partial charge in [0.15, 0.2) is 0 Å². The number of amides is 1. The topological polar surface area (TPSA) is 101 Å². The second-order valence-corrected chi connectivity index (χ2v) is 7.08. The molecule has 1 amide bonds. The van der Waals surface area contributed by atoms with Gasteiger partial charge in [-0.1, -0.05) is 19.0 Å². The van der Waals surface area contributed by atoms with Crippen molar-refractivity contribution in [2.45, 2.75) is 38.5 Å². The molecule has 0 saturated heterocycles. The smallest absolute Gasteiger partial charge is 0.258 e. The molecule has 0 fully saturated rings. The zero-order valence-corrected chi connectivity index (χ0v) is 14.7. The van der Waals surface area contributed by atoms with E-state index in [-0.39, 0.29) is 10.8 Å². The maximum absolute atomic E-state index is 12.2. The minimum absolute atomic E-state index is 0.122. The van der Waals surface area contributed by atoms with E-state index in [4.69, 9.17) is 4.52 Å². The molecule has 0 aliphatic heterocycles. The molecular weight excluding hydrogens is 330 g/mol. The van der Waals surface area contributed by atoms with Crippen LogP contribution in [0.15, 0.2) is 33.7 Å². The average molecular weight is 351 g/mol. The highest BCUT2D eigenvalue weighted by Gasteiger charge is 2.16. The van der Waals surface area contributed by atoms with Gasteiger partial charge in [-0.3, -0.25) is 10.1 Å². The lowest BCUT2D eigenvalue weighted by Crippen LogP contribution is -2.24. The van der Waals surface area contributed by atoms with Crippen molar-refractivity contribution in [2.75, 3.05) is 11.9 Å². The molecule has 0 spiro atoms. The second-order valence-electron chi connectivity index (χ2n) is 5.31. The number of sulfonamides is 1. The lowest BCUT2D eigenvalue weighted by atomic mass is 10.2. The molecule has 2 aromatic rings. The number of nitrogens with one attached hydrogen (secondary N) is 2. The Labute approximate surface area is 141 Å². The number of hydrogen-bond acceptors (Lipinski definition) is 5. The first-order valence-electron chi connectivity index (χ1n) is 7.75. The molecule has 0 bridgehead atoms. The van der Waals surface area contributed by atoms with Crippen LogP contribution in [-0.2, 0) is 16.4 Å². The first-order chi connectivity index (χ1) is 11.4. The Bertz CT molecular complexity index is 810. The molecular formula is C16H21N3O4S. The Morgan fingerprint density at radius 3 is 2.42 bits per heavy atom. The average Bonchev–Trinajstić information content (AvgIpc) is 2.93. The van der Waals surface area contributed by atoms with E-state index in [1.165, 1.54) is 24.3 Å². The quantitative estimate of drug-likeness (QED) is 0.798. The van der Waals surface area contributed by atoms with Gasteiger partial charge < -0.3 is 4.52 Å². The number of aromatic nitrogens is 1. The normalized spacial score (nSPS) is 11.5. The summed E-state index contributed by atoms with van der Waals surface area (Å²) in [6.07, 6.45) is 1.42. The summed E-state index contributed by atoms with van der Waals surface area (Å²) in [4.78, 5) is 12.4. The molecule has 0 unspecified atom stereocenters.